The molecule has 0 spiro atoms. The predicted octanol–water partition coefficient (Wildman–Crippen LogP) is 5.12. The van der Waals surface area contributed by atoms with Gasteiger partial charge in [-0.05, 0) is 18.2 Å². The summed E-state index contributed by atoms with van der Waals surface area (Å²) in [5, 5.41) is 5.15. The van der Waals surface area contributed by atoms with Gasteiger partial charge in [-0.15, -0.1) is 11.3 Å². The van der Waals surface area contributed by atoms with Crippen molar-refractivity contribution in [2.45, 2.75) is 12.6 Å². The van der Waals surface area contributed by atoms with E-state index < -0.39 is 30.1 Å². The summed E-state index contributed by atoms with van der Waals surface area (Å²) in [6.45, 7) is -0.396. The van der Waals surface area contributed by atoms with Crippen molar-refractivity contribution in [1.82, 2.24) is 9.88 Å². The van der Waals surface area contributed by atoms with Gasteiger partial charge < -0.3 is 10.2 Å². The van der Waals surface area contributed by atoms with Crippen molar-refractivity contribution < 1.29 is 22.8 Å². The number of hydrogen-bond acceptors (Lipinski definition) is 4. The number of carbonyl (C=O) groups is 2. The molecule has 2 amide bonds. The molecule has 0 bridgehead atoms. The van der Waals surface area contributed by atoms with Gasteiger partial charge in [0, 0.05) is 18.0 Å². The fraction of sp³-hybridized carbons (Fsp3) is 0.190. The van der Waals surface area contributed by atoms with E-state index in [2.05, 4.69) is 10.3 Å². The minimum absolute atomic E-state index is 0.0517. The van der Waals surface area contributed by atoms with E-state index in [1.54, 1.807) is 17.5 Å². The van der Waals surface area contributed by atoms with Gasteiger partial charge in [0.05, 0.1) is 34.9 Å². The molecule has 31 heavy (non-hydrogen) atoms. The predicted molar refractivity (Wildman–Crippen MR) is 114 cm³/mol. The van der Waals surface area contributed by atoms with E-state index >= 15 is 0 Å². The lowest BCUT2D eigenvalue weighted by molar-refractivity contribution is -0.137. The van der Waals surface area contributed by atoms with Crippen molar-refractivity contribution in [3.63, 3.8) is 0 Å². The number of nitrogens with zero attached hydrogens (tertiary/aromatic N) is 2. The Morgan fingerprint density at radius 3 is 2.52 bits per heavy atom. The summed E-state index contributed by atoms with van der Waals surface area (Å²) in [7, 11) is 1.40. The summed E-state index contributed by atoms with van der Waals surface area (Å²) in [6.07, 6.45) is -4.65. The van der Waals surface area contributed by atoms with E-state index in [0.29, 0.717) is 15.7 Å². The lowest BCUT2D eigenvalue weighted by atomic mass is 10.1. The Morgan fingerprint density at radius 1 is 1.13 bits per heavy atom. The Kier molecular flexibility index (Phi) is 6.97. The quantitative estimate of drug-likeness (QED) is 0.547. The van der Waals surface area contributed by atoms with Crippen LogP contribution >= 0.6 is 22.9 Å². The monoisotopic (exact) mass is 467 g/mol. The van der Waals surface area contributed by atoms with Crippen LogP contribution in [-0.2, 0) is 22.2 Å². The third kappa shape index (κ3) is 5.83. The normalized spacial score (nSPS) is 11.3. The number of rotatable bonds is 6. The second kappa shape index (κ2) is 9.49. The lowest BCUT2D eigenvalue weighted by Gasteiger charge is -2.18. The number of aromatic nitrogens is 1. The number of amides is 2. The average molecular weight is 468 g/mol. The number of anilines is 1. The van der Waals surface area contributed by atoms with Crippen molar-refractivity contribution in [3.8, 4) is 10.6 Å². The minimum Gasteiger partial charge on any atom is -0.336 e. The molecule has 5 nitrogen and oxygen atoms in total. The summed E-state index contributed by atoms with van der Waals surface area (Å²) in [5.74, 6) is -1.13. The van der Waals surface area contributed by atoms with Gasteiger partial charge in [0.15, 0.2) is 0 Å². The van der Waals surface area contributed by atoms with E-state index in [-0.39, 0.29) is 12.1 Å². The van der Waals surface area contributed by atoms with Gasteiger partial charge in [-0.25, -0.2) is 4.98 Å². The molecule has 0 aliphatic carbocycles. The molecular weight excluding hydrogens is 451 g/mol. The Labute approximate surface area is 185 Å². The molecular formula is C21H17ClF3N3O2S. The second-order valence-corrected chi connectivity index (χ2v) is 7.91. The van der Waals surface area contributed by atoms with E-state index in [1.165, 1.54) is 30.5 Å². The first kappa shape index (κ1) is 22.8. The van der Waals surface area contributed by atoms with Crippen LogP contribution in [0.25, 0.3) is 10.6 Å². The van der Waals surface area contributed by atoms with Crippen LogP contribution in [0.4, 0.5) is 18.9 Å². The zero-order valence-corrected chi connectivity index (χ0v) is 17.8. The van der Waals surface area contributed by atoms with E-state index in [0.717, 1.165) is 22.6 Å². The molecule has 1 aromatic heterocycles. The fourth-order valence-electron chi connectivity index (χ4n) is 2.77. The second-order valence-electron chi connectivity index (χ2n) is 6.64. The van der Waals surface area contributed by atoms with Gasteiger partial charge >= 0.3 is 6.18 Å². The SMILES string of the molecule is CN(CC(=O)Nc1ccccc1C(F)(F)F)C(=O)Cc1csc(-c2ccccc2Cl)n1. The number of benzene rings is 2. The Morgan fingerprint density at radius 2 is 1.81 bits per heavy atom. The number of para-hydroxylation sites is 1. The van der Waals surface area contributed by atoms with E-state index in [4.69, 9.17) is 11.6 Å². The summed E-state index contributed by atoms with van der Waals surface area (Å²) >= 11 is 7.50. The van der Waals surface area contributed by atoms with Crippen LogP contribution in [0.5, 0.6) is 0 Å². The van der Waals surface area contributed by atoms with Crippen LogP contribution in [0.3, 0.4) is 0 Å². The van der Waals surface area contributed by atoms with Crippen LogP contribution in [0.1, 0.15) is 11.3 Å². The standard InChI is InChI=1S/C21H17ClF3N3O2S/c1-28(11-18(29)27-17-9-5-3-7-15(17)21(23,24)25)19(30)10-13-12-31-20(26-13)14-6-2-4-8-16(14)22/h2-9,12H,10-11H2,1H3,(H,27,29). The number of carbonyl (C=O) groups excluding carboxylic acids is 2. The molecule has 0 unspecified atom stereocenters. The number of thiazole rings is 1. The zero-order chi connectivity index (χ0) is 22.6. The first-order valence-electron chi connectivity index (χ1n) is 9.04. The first-order chi connectivity index (χ1) is 14.6. The molecule has 0 aliphatic heterocycles. The highest BCUT2D eigenvalue weighted by molar-refractivity contribution is 7.13. The summed E-state index contributed by atoms with van der Waals surface area (Å²) in [6, 6.07) is 11.9. The molecule has 10 heteroatoms. The van der Waals surface area contributed by atoms with Gasteiger partial charge in [0.2, 0.25) is 11.8 Å². The highest BCUT2D eigenvalue weighted by atomic mass is 35.5. The summed E-state index contributed by atoms with van der Waals surface area (Å²) in [4.78, 5) is 30.2. The van der Waals surface area contributed by atoms with Crippen LogP contribution in [0, 0.1) is 0 Å². The highest BCUT2D eigenvalue weighted by Crippen LogP contribution is 2.34. The molecule has 3 rings (SSSR count). The molecule has 3 aromatic rings. The van der Waals surface area contributed by atoms with Crippen molar-refractivity contribution >= 4 is 40.4 Å². The van der Waals surface area contributed by atoms with Gasteiger partial charge in [-0.2, -0.15) is 13.2 Å². The van der Waals surface area contributed by atoms with E-state index in [9.17, 15) is 22.8 Å². The largest absolute Gasteiger partial charge is 0.418 e. The minimum atomic E-state index is -4.60. The molecule has 0 fully saturated rings. The topological polar surface area (TPSA) is 62.3 Å². The number of halogens is 4. The lowest BCUT2D eigenvalue weighted by Crippen LogP contribution is -2.36. The molecule has 1 heterocycles. The van der Waals surface area contributed by atoms with Gasteiger partial charge in [0.1, 0.15) is 5.01 Å². The summed E-state index contributed by atoms with van der Waals surface area (Å²) < 4.78 is 39.2. The van der Waals surface area contributed by atoms with Crippen LogP contribution in [0.2, 0.25) is 5.02 Å². The molecule has 162 valence electrons. The van der Waals surface area contributed by atoms with E-state index in [1.807, 2.05) is 12.1 Å². The molecule has 0 saturated heterocycles. The maximum atomic E-state index is 13.1. The van der Waals surface area contributed by atoms with Crippen molar-refractivity contribution in [2.24, 2.45) is 0 Å². The maximum absolute atomic E-state index is 13.1. The van der Waals surface area contributed by atoms with Crippen molar-refractivity contribution in [2.75, 3.05) is 18.9 Å². The Bertz CT molecular complexity index is 1100. The molecule has 0 radical (unpaired) electrons. The zero-order valence-electron chi connectivity index (χ0n) is 16.2. The van der Waals surface area contributed by atoms with Crippen LogP contribution < -0.4 is 5.32 Å². The highest BCUT2D eigenvalue weighted by Gasteiger charge is 2.33. The Hall–Kier alpha value is -2.91. The fourth-order valence-corrected chi connectivity index (χ4v) is 3.91. The molecule has 0 atom stereocenters. The molecule has 2 aromatic carbocycles. The molecule has 0 aliphatic rings. The summed E-state index contributed by atoms with van der Waals surface area (Å²) in [5.41, 5.74) is -0.0415. The average Bonchev–Trinajstić information content (AvgIpc) is 3.16. The van der Waals surface area contributed by atoms with Crippen molar-refractivity contribution in [3.05, 3.63) is 70.2 Å². The first-order valence-corrected chi connectivity index (χ1v) is 10.3. The van der Waals surface area contributed by atoms with Crippen LogP contribution in [-0.4, -0.2) is 35.3 Å². The number of nitrogens with one attached hydrogen (secondary N) is 1. The molecule has 0 saturated carbocycles. The third-order valence-electron chi connectivity index (χ3n) is 4.30. The van der Waals surface area contributed by atoms with Crippen LogP contribution in [0.15, 0.2) is 53.9 Å². The number of hydrogen-bond donors (Lipinski definition) is 1. The maximum Gasteiger partial charge on any atom is 0.418 e. The third-order valence-corrected chi connectivity index (χ3v) is 5.56. The number of likely N-dealkylation sites (N-methyl/N-ethyl adjacent to an activating group) is 1. The number of alkyl halides is 3. The van der Waals surface area contributed by atoms with Gasteiger partial charge in [-0.1, -0.05) is 41.9 Å². The smallest absolute Gasteiger partial charge is 0.336 e. The van der Waals surface area contributed by atoms with Gasteiger partial charge in [0.25, 0.3) is 0 Å². The van der Waals surface area contributed by atoms with Crippen molar-refractivity contribution in [1.29, 1.82) is 0 Å². The Balaban J connectivity index is 1.60. The molecule has 1 N–H and O–H groups in total. The van der Waals surface area contributed by atoms with Gasteiger partial charge in [-0.3, -0.25) is 9.59 Å².